The van der Waals surface area contributed by atoms with Gasteiger partial charge in [0.2, 0.25) is 5.91 Å². The van der Waals surface area contributed by atoms with E-state index in [1.54, 1.807) is 11.8 Å². The molecule has 0 N–H and O–H groups in total. The number of halogens is 1. The number of benzene rings is 1. The van der Waals surface area contributed by atoms with Crippen LogP contribution in [0.1, 0.15) is 11.1 Å². The first-order valence-electron chi connectivity index (χ1n) is 5.95. The van der Waals surface area contributed by atoms with E-state index in [9.17, 15) is 4.79 Å². The van der Waals surface area contributed by atoms with Gasteiger partial charge in [-0.05, 0) is 23.3 Å². The van der Waals surface area contributed by atoms with Crippen LogP contribution >= 0.6 is 34.7 Å². The molecule has 1 aliphatic rings. The highest BCUT2D eigenvalue weighted by molar-refractivity contribution is 8.01. The van der Waals surface area contributed by atoms with Crippen molar-refractivity contribution >= 4 is 40.6 Å². The Labute approximate surface area is 125 Å². The lowest BCUT2D eigenvalue weighted by Crippen LogP contribution is -2.26. The minimum Gasteiger partial charge on any atom is -0.333 e. The zero-order chi connectivity index (χ0) is 13.2. The number of hydrogen-bond donors (Lipinski definition) is 0. The van der Waals surface area contributed by atoms with Crippen molar-refractivity contribution in [2.24, 2.45) is 0 Å². The number of hydrogen-bond acceptors (Lipinski definition) is 3. The fourth-order valence-corrected chi connectivity index (χ4v) is 4.32. The highest BCUT2D eigenvalue weighted by atomic mass is 35.5. The maximum absolute atomic E-state index is 12.2. The number of amides is 1. The standard InChI is InChI=1S/C14H12ClNOS2/c15-12-5-6-14(19-12)18-9-13(17)16-7-10-3-1-2-4-11(10)8-16/h1-6H,7-9H2. The molecule has 2 aromatic rings. The molecule has 2 heterocycles. The molecule has 19 heavy (non-hydrogen) atoms. The van der Waals surface area contributed by atoms with Crippen molar-refractivity contribution in [3.8, 4) is 0 Å². The van der Waals surface area contributed by atoms with Crippen molar-refractivity contribution < 1.29 is 4.79 Å². The van der Waals surface area contributed by atoms with E-state index < -0.39 is 0 Å². The fraction of sp³-hybridized carbons (Fsp3) is 0.214. The topological polar surface area (TPSA) is 20.3 Å². The van der Waals surface area contributed by atoms with Gasteiger partial charge < -0.3 is 4.90 Å². The highest BCUT2D eigenvalue weighted by Gasteiger charge is 2.22. The van der Waals surface area contributed by atoms with Crippen LogP contribution in [0, 0.1) is 0 Å². The number of nitrogens with zero attached hydrogens (tertiary/aromatic N) is 1. The SMILES string of the molecule is O=C(CSc1ccc(Cl)s1)N1Cc2ccccc2C1. The number of carbonyl (C=O) groups is 1. The summed E-state index contributed by atoms with van der Waals surface area (Å²) in [6.45, 7) is 1.47. The molecule has 0 radical (unpaired) electrons. The quantitative estimate of drug-likeness (QED) is 0.798. The van der Waals surface area contributed by atoms with Gasteiger partial charge in [0.1, 0.15) is 0 Å². The van der Waals surface area contributed by atoms with E-state index in [1.807, 2.05) is 29.2 Å². The van der Waals surface area contributed by atoms with Crippen molar-refractivity contribution in [2.45, 2.75) is 17.3 Å². The van der Waals surface area contributed by atoms with Crippen LogP contribution in [0.4, 0.5) is 0 Å². The van der Waals surface area contributed by atoms with Gasteiger partial charge in [0.15, 0.2) is 0 Å². The van der Waals surface area contributed by atoms with Crippen molar-refractivity contribution in [3.05, 3.63) is 51.9 Å². The van der Waals surface area contributed by atoms with Crippen molar-refractivity contribution in [1.29, 1.82) is 0 Å². The van der Waals surface area contributed by atoms with Crippen LogP contribution in [0.15, 0.2) is 40.6 Å². The molecule has 5 heteroatoms. The second kappa shape index (κ2) is 5.57. The van der Waals surface area contributed by atoms with E-state index in [0.717, 1.165) is 21.6 Å². The molecule has 0 spiro atoms. The fourth-order valence-electron chi connectivity index (χ4n) is 2.11. The molecule has 3 rings (SSSR count). The zero-order valence-electron chi connectivity index (χ0n) is 10.1. The Morgan fingerprint density at radius 3 is 2.47 bits per heavy atom. The minimum absolute atomic E-state index is 0.186. The first-order valence-corrected chi connectivity index (χ1v) is 8.13. The number of thioether (sulfide) groups is 1. The summed E-state index contributed by atoms with van der Waals surface area (Å²) in [5, 5.41) is 0. The van der Waals surface area contributed by atoms with Gasteiger partial charge in [0.05, 0.1) is 14.3 Å². The van der Waals surface area contributed by atoms with Crippen molar-refractivity contribution in [2.75, 3.05) is 5.75 Å². The Hall–Kier alpha value is -0.970. The molecule has 0 saturated carbocycles. The van der Waals surface area contributed by atoms with Crippen LogP contribution < -0.4 is 0 Å². The molecule has 0 unspecified atom stereocenters. The van der Waals surface area contributed by atoms with Gasteiger partial charge in [0.25, 0.3) is 0 Å². The normalized spacial score (nSPS) is 13.6. The van der Waals surface area contributed by atoms with E-state index in [1.165, 1.54) is 22.5 Å². The van der Waals surface area contributed by atoms with E-state index in [2.05, 4.69) is 12.1 Å². The molecule has 1 aromatic heterocycles. The summed E-state index contributed by atoms with van der Waals surface area (Å²) >= 11 is 8.95. The first kappa shape index (κ1) is 13.0. The molecular formula is C14H12ClNOS2. The van der Waals surface area contributed by atoms with Gasteiger partial charge in [0, 0.05) is 13.1 Å². The third-order valence-electron chi connectivity index (χ3n) is 3.08. The van der Waals surface area contributed by atoms with Crippen molar-refractivity contribution in [1.82, 2.24) is 4.90 Å². The van der Waals surface area contributed by atoms with Crippen LogP contribution in [0.5, 0.6) is 0 Å². The third-order valence-corrected chi connectivity index (χ3v) is 5.52. The largest absolute Gasteiger partial charge is 0.333 e. The summed E-state index contributed by atoms with van der Waals surface area (Å²) in [5.74, 6) is 0.663. The van der Waals surface area contributed by atoms with Gasteiger partial charge in [-0.1, -0.05) is 35.9 Å². The molecule has 2 nitrogen and oxygen atoms in total. The van der Waals surface area contributed by atoms with Crippen LogP contribution in [-0.4, -0.2) is 16.6 Å². The van der Waals surface area contributed by atoms with Gasteiger partial charge in [-0.25, -0.2) is 0 Å². The van der Waals surface area contributed by atoms with Crippen LogP contribution in [0.25, 0.3) is 0 Å². The number of carbonyl (C=O) groups excluding carboxylic acids is 1. The van der Waals surface area contributed by atoms with Crippen LogP contribution in [0.2, 0.25) is 4.34 Å². The lowest BCUT2D eigenvalue weighted by Gasteiger charge is -2.14. The maximum atomic E-state index is 12.2. The predicted molar refractivity (Wildman–Crippen MR) is 80.7 cm³/mol. The van der Waals surface area contributed by atoms with E-state index in [-0.39, 0.29) is 5.91 Å². The van der Waals surface area contributed by atoms with Gasteiger partial charge >= 0.3 is 0 Å². The molecule has 0 atom stereocenters. The van der Waals surface area contributed by atoms with Gasteiger partial charge in [-0.3, -0.25) is 4.79 Å². The van der Waals surface area contributed by atoms with Crippen LogP contribution in [-0.2, 0) is 17.9 Å². The number of fused-ring (bicyclic) bond motifs is 1. The first-order chi connectivity index (χ1) is 9.22. The van der Waals surface area contributed by atoms with E-state index >= 15 is 0 Å². The minimum atomic E-state index is 0.186. The van der Waals surface area contributed by atoms with Crippen molar-refractivity contribution in [3.63, 3.8) is 0 Å². The molecule has 0 bridgehead atoms. The third kappa shape index (κ3) is 2.96. The van der Waals surface area contributed by atoms with Gasteiger partial charge in [-0.15, -0.1) is 23.1 Å². The Kier molecular flexibility index (Phi) is 3.82. The lowest BCUT2D eigenvalue weighted by molar-refractivity contribution is -0.128. The van der Waals surface area contributed by atoms with Gasteiger partial charge in [-0.2, -0.15) is 0 Å². The molecule has 1 aliphatic heterocycles. The molecular weight excluding hydrogens is 298 g/mol. The Balaban J connectivity index is 1.58. The summed E-state index contributed by atoms with van der Waals surface area (Å²) in [6, 6.07) is 12.1. The zero-order valence-corrected chi connectivity index (χ0v) is 12.5. The van der Waals surface area contributed by atoms with E-state index in [4.69, 9.17) is 11.6 Å². The number of rotatable bonds is 3. The Bertz CT molecular complexity index is 586. The summed E-state index contributed by atoms with van der Waals surface area (Å²) in [6.07, 6.45) is 0. The second-order valence-electron chi connectivity index (χ2n) is 4.37. The van der Waals surface area contributed by atoms with E-state index in [0.29, 0.717) is 5.75 Å². The average molecular weight is 310 g/mol. The average Bonchev–Trinajstić information content (AvgIpc) is 3.01. The van der Waals surface area contributed by atoms with Crippen LogP contribution in [0.3, 0.4) is 0 Å². The lowest BCUT2D eigenvalue weighted by atomic mass is 10.1. The molecule has 0 aliphatic carbocycles. The summed E-state index contributed by atoms with van der Waals surface area (Å²) < 4.78 is 1.86. The predicted octanol–water partition coefficient (Wildman–Crippen LogP) is 4.04. The highest BCUT2D eigenvalue weighted by Crippen LogP contribution is 2.31. The Morgan fingerprint density at radius 2 is 1.89 bits per heavy atom. The monoisotopic (exact) mass is 309 g/mol. The molecule has 0 fully saturated rings. The maximum Gasteiger partial charge on any atom is 0.233 e. The summed E-state index contributed by atoms with van der Waals surface area (Å²) in [7, 11) is 0. The second-order valence-corrected chi connectivity index (χ2v) is 7.36. The molecule has 0 saturated heterocycles. The summed E-state index contributed by atoms with van der Waals surface area (Å²) in [5.41, 5.74) is 2.53. The molecule has 1 aromatic carbocycles. The Morgan fingerprint density at radius 1 is 1.21 bits per heavy atom. The molecule has 1 amide bonds. The number of thiophene rings is 1. The summed E-state index contributed by atoms with van der Waals surface area (Å²) in [4.78, 5) is 14.1. The molecule has 98 valence electrons. The smallest absolute Gasteiger partial charge is 0.233 e.